The molecule has 0 N–H and O–H groups in total. The summed E-state index contributed by atoms with van der Waals surface area (Å²) in [6, 6.07) is 72.0. The van der Waals surface area contributed by atoms with Crippen LogP contribution >= 0.6 is 0 Å². The lowest BCUT2D eigenvalue weighted by atomic mass is 9.65. The molecule has 1 heterocycles. The number of hydrogen-bond donors (Lipinski definition) is 0. The second kappa shape index (κ2) is 16.9. The Morgan fingerprint density at radius 1 is 0.465 bits per heavy atom. The highest BCUT2D eigenvalue weighted by Crippen LogP contribution is 2.50. The van der Waals surface area contributed by atoms with Crippen LogP contribution in [0.2, 0.25) is 0 Å². The van der Waals surface area contributed by atoms with E-state index < -0.39 is 0 Å². The summed E-state index contributed by atoms with van der Waals surface area (Å²) in [6.45, 7) is 16.4. The molecule has 0 spiro atoms. The summed E-state index contributed by atoms with van der Waals surface area (Å²) >= 11 is 0. The molecular formula is C69H59NO. The zero-order chi connectivity index (χ0) is 48.6. The van der Waals surface area contributed by atoms with E-state index in [1.807, 2.05) is 12.1 Å². The van der Waals surface area contributed by atoms with E-state index in [0.29, 0.717) is 0 Å². The van der Waals surface area contributed by atoms with Crippen LogP contribution < -0.4 is 4.90 Å². The average Bonchev–Trinajstić information content (AvgIpc) is 3.76. The molecule has 1 atom stereocenters. The average molecular weight is 918 g/mol. The molecule has 2 aliphatic carbocycles. The van der Waals surface area contributed by atoms with Gasteiger partial charge in [-0.2, -0.15) is 0 Å². The van der Waals surface area contributed by atoms with Crippen molar-refractivity contribution in [3.63, 3.8) is 0 Å². The zero-order valence-corrected chi connectivity index (χ0v) is 41.8. The Labute approximate surface area is 418 Å². The van der Waals surface area contributed by atoms with Crippen LogP contribution in [0.15, 0.2) is 222 Å². The van der Waals surface area contributed by atoms with Gasteiger partial charge < -0.3 is 9.32 Å². The minimum absolute atomic E-state index is 0.0156. The number of anilines is 3. The van der Waals surface area contributed by atoms with Gasteiger partial charge in [-0.05, 0) is 143 Å². The van der Waals surface area contributed by atoms with Gasteiger partial charge in [0.1, 0.15) is 11.2 Å². The van der Waals surface area contributed by atoms with Gasteiger partial charge in [0.15, 0.2) is 0 Å². The highest BCUT2D eigenvalue weighted by atomic mass is 16.3. The van der Waals surface area contributed by atoms with Gasteiger partial charge in [0.05, 0.1) is 5.69 Å². The summed E-state index contributed by atoms with van der Waals surface area (Å²) in [6.07, 6.45) is 10.3. The number of fused-ring (bicyclic) bond motifs is 7. The largest absolute Gasteiger partial charge is 0.456 e. The van der Waals surface area contributed by atoms with Crippen LogP contribution in [0, 0.1) is 0 Å². The van der Waals surface area contributed by atoms with Crippen LogP contribution in [0.3, 0.4) is 0 Å². The van der Waals surface area contributed by atoms with Crippen molar-refractivity contribution in [1.82, 2.24) is 0 Å². The minimum atomic E-state index is -0.125. The molecule has 0 aliphatic heterocycles. The van der Waals surface area contributed by atoms with E-state index in [1.165, 1.54) is 66.4 Å². The van der Waals surface area contributed by atoms with Crippen LogP contribution in [0.1, 0.15) is 82.7 Å². The summed E-state index contributed by atoms with van der Waals surface area (Å²) < 4.78 is 6.28. The van der Waals surface area contributed by atoms with Crippen LogP contribution in [0.25, 0.3) is 77.7 Å². The number of hydrogen-bond acceptors (Lipinski definition) is 2. The SMILES string of the molecule is CC(C)(C)c1cc(-c2cccc3cccc(-c4ccccc4N(c4cccc(C5=C6C=Cc7ccccc7C6(C)CC=C5)c4)c4cccc(-c5ccc6oc7ccccc7c6c5)c4)c23)cc(C(C)(C)C)c1. The molecule has 1 aromatic heterocycles. The summed E-state index contributed by atoms with van der Waals surface area (Å²) in [4.78, 5) is 2.48. The summed E-state index contributed by atoms with van der Waals surface area (Å²) in [5.41, 5.74) is 21.2. The van der Waals surface area contributed by atoms with Gasteiger partial charge in [0, 0.05) is 33.1 Å². The van der Waals surface area contributed by atoms with Gasteiger partial charge in [-0.3, -0.25) is 0 Å². The lowest BCUT2D eigenvalue weighted by molar-refractivity contribution is 0.569. The van der Waals surface area contributed by atoms with E-state index in [1.54, 1.807) is 0 Å². The topological polar surface area (TPSA) is 16.4 Å². The second-order valence-electron chi connectivity index (χ2n) is 22.0. The van der Waals surface area contributed by atoms with Crippen molar-refractivity contribution in [2.45, 2.75) is 71.1 Å². The first-order chi connectivity index (χ1) is 34.3. The Morgan fingerprint density at radius 2 is 1.08 bits per heavy atom. The Hall–Kier alpha value is -7.94. The van der Waals surface area contributed by atoms with Crippen molar-refractivity contribution in [3.8, 4) is 33.4 Å². The smallest absolute Gasteiger partial charge is 0.135 e. The molecule has 12 rings (SSSR count). The molecular weight excluding hydrogens is 859 g/mol. The molecule has 0 saturated heterocycles. The lowest BCUT2D eigenvalue weighted by Crippen LogP contribution is -2.29. The van der Waals surface area contributed by atoms with Gasteiger partial charge in [-0.25, -0.2) is 0 Å². The number of nitrogens with zero attached hydrogens (tertiary/aromatic N) is 1. The molecule has 0 amide bonds. The van der Waals surface area contributed by atoms with Gasteiger partial charge >= 0.3 is 0 Å². The standard InChI is InChI=1S/C69H59NO/c1-67(2,3)51-39-50(40-52(44-51)68(4,5)6)56-28-16-20-46-21-17-29-59(66(46)56)57-26-9-12-32-63(57)70(53-24-14-22-47(41-53)48-35-37-65-60(43-48)58-27-10-13-33-64(58)71-65)54-25-15-23-49(42-54)55-30-18-38-69(7)61-31-11-8-19-45(61)34-36-62(55)69/h8-37,39-44H,38H2,1-7H3. The molecule has 0 fully saturated rings. The first-order valence-electron chi connectivity index (χ1n) is 25.2. The highest BCUT2D eigenvalue weighted by Gasteiger charge is 2.36. The second-order valence-corrected chi connectivity index (χ2v) is 22.0. The fourth-order valence-corrected chi connectivity index (χ4v) is 11.3. The van der Waals surface area contributed by atoms with E-state index in [9.17, 15) is 0 Å². The van der Waals surface area contributed by atoms with E-state index in [4.69, 9.17) is 4.42 Å². The Balaban J connectivity index is 1.07. The van der Waals surface area contributed by atoms with Crippen LogP contribution in [0.5, 0.6) is 0 Å². The van der Waals surface area contributed by atoms with Gasteiger partial charge in [0.2, 0.25) is 0 Å². The molecule has 1 unspecified atom stereocenters. The van der Waals surface area contributed by atoms with E-state index in [0.717, 1.165) is 62.1 Å². The van der Waals surface area contributed by atoms with Crippen molar-refractivity contribution >= 4 is 61.4 Å². The molecule has 346 valence electrons. The maximum Gasteiger partial charge on any atom is 0.135 e. The summed E-state index contributed by atoms with van der Waals surface area (Å²) in [7, 11) is 0. The predicted molar refractivity (Wildman–Crippen MR) is 303 cm³/mol. The first kappa shape index (κ1) is 44.3. The molecule has 2 heteroatoms. The normalized spacial score (nSPS) is 15.6. The van der Waals surface area contributed by atoms with Crippen molar-refractivity contribution in [1.29, 1.82) is 0 Å². The molecule has 10 aromatic rings. The van der Waals surface area contributed by atoms with Gasteiger partial charge in [-0.15, -0.1) is 0 Å². The third-order valence-corrected chi connectivity index (χ3v) is 15.2. The predicted octanol–water partition coefficient (Wildman–Crippen LogP) is 19.5. The molecule has 0 radical (unpaired) electrons. The number of benzene rings is 9. The Bertz CT molecular complexity index is 3800. The molecule has 71 heavy (non-hydrogen) atoms. The fourth-order valence-electron chi connectivity index (χ4n) is 11.3. The number of rotatable bonds is 7. The highest BCUT2D eigenvalue weighted by molar-refractivity contribution is 6.09. The van der Waals surface area contributed by atoms with Gasteiger partial charge in [0.25, 0.3) is 0 Å². The van der Waals surface area contributed by atoms with E-state index in [-0.39, 0.29) is 16.2 Å². The number of furan rings is 1. The quantitative estimate of drug-likeness (QED) is 0.158. The number of allylic oxidation sites excluding steroid dienone is 5. The van der Waals surface area contributed by atoms with Crippen molar-refractivity contribution in [2.75, 3.05) is 4.90 Å². The van der Waals surface area contributed by atoms with E-state index >= 15 is 0 Å². The third kappa shape index (κ3) is 7.74. The van der Waals surface area contributed by atoms with Gasteiger partial charge in [-0.1, -0.05) is 218 Å². The molecule has 0 bridgehead atoms. The summed E-state index contributed by atoms with van der Waals surface area (Å²) in [5.74, 6) is 0. The van der Waals surface area contributed by atoms with Crippen molar-refractivity contribution in [2.24, 2.45) is 0 Å². The van der Waals surface area contributed by atoms with Crippen LogP contribution in [0.4, 0.5) is 17.1 Å². The van der Waals surface area contributed by atoms with Crippen LogP contribution in [-0.4, -0.2) is 0 Å². The monoisotopic (exact) mass is 917 g/mol. The van der Waals surface area contributed by atoms with Crippen molar-refractivity contribution < 1.29 is 4.42 Å². The third-order valence-electron chi connectivity index (χ3n) is 15.2. The molecule has 2 aliphatic rings. The Morgan fingerprint density at radius 3 is 1.86 bits per heavy atom. The molecule has 2 nitrogen and oxygen atoms in total. The fraction of sp³-hybridized carbons (Fsp3) is 0.159. The van der Waals surface area contributed by atoms with Crippen molar-refractivity contribution in [3.05, 3.63) is 246 Å². The summed E-state index contributed by atoms with van der Waals surface area (Å²) in [5, 5.41) is 4.71. The maximum atomic E-state index is 6.28. The first-order valence-corrected chi connectivity index (χ1v) is 25.2. The van der Waals surface area contributed by atoms with Crippen LogP contribution in [-0.2, 0) is 16.2 Å². The minimum Gasteiger partial charge on any atom is -0.456 e. The molecule has 0 saturated carbocycles. The number of para-hydroxylation sites is 2. The van der Waals surface area contributed by atoms with E-state index in [2.05, 4.69) is 260 Å². The zero-order valence-electron chi connectivity index (χ0n) is 41.8. The Kier molecular flexibility index (Phi) is 10.5. The molecule has 9 aromatic carbocycles. The maximum absolute atomic E-state index is 6.28. The lowest BCUT2D eigenvalue weighted by Gasteiger charge is -2.39.